The van der Waals surface area contributed by atoms with Gasteiger partial charge in [0.1, 0.15) is 5.82 Å². The van der Waals surface area contributed by atoms with Crippen LogP contribution in [0.4, 0.5) is 0 Å². The maximum atomic E-state index is 12.5. The van der Waals surface area contributed by atoms with Crippen LogP contribution in [-0.2, 0) is 17.9 Å². The zero-order valence-corrected chi connectivity index (χ0v) is 14.7. The van der Waals surface area contributed by atoms with Crippen LogP contribution < -0.4 is 0 Å². The van der Waals surface area contributed by atoms with E-state index in [4.69, 9.17) is 0 Å². The summed E-state index contributed by atoms with van der Waals surface area (Å²) in [5, 5.41) is 11.0. The zero-order chi connectivity index (χ0) is 17.7. The molecule has 1 aliphatic heterocycles. The van der Waals surface area contributed by atoms with E-state index >= 15 is 0 Å². The number of aliphatic hydroxyl groups is 1. The SMILES string of the molecule is CN(Cc1ncc[nH]1)C(=O)CC1(O)CCCN(Cc2ccccc2)C1. The Balaban J connectivity index is 1.55. The monoisotopic (exact) mass is 342 g/mol. The lowest BCUT2D eigenvalue weighted by Gasteiger charge is -2.39. The van der Waals surface area contributed by atoms with Crippen molar-refractivity contribution in [1.29, 1.82) is 0 Å². The molecule has 0 radical (unpaired) electrons. The highest BCUT2D eigenvalue weighted by Crippen LogP contribution is 2.26. The smallest absolute Gasteiger partial charge is 0.225 e. The lowest BCUT2D eigenvalue weighted by molar-refractivity contribution is -0.138. The Bertz CT molecular complexity index is 674. The maximum Gasteiger partial charge on any atom is 0.225 e. The number of imidazole rings is 1. The number of nitrogens with zero attached hydrogens (tertiary/aromatic N) is 3. The fraction of sp³-hybridized carbons (Fsp3) is 0.474. The molecule has 1 aromatic carbocycles. The molecule has 1 saturated heterocycles. The summed E-state index contributed by atoms with van der Waals surface area (Å²) in [5.41, 5.74) is 0.273. The predicted octanol–water partition coefficient (Wildman–Crippen LogP) is 1.79. The molecule has 134 valence electrons. The van der Waals surface area contributed by atoms with Crippen LogP contribution in [0, 0.1) is 0 Å². The van der Waals surface area contributed by atoms with Gasteiger partial charge in [0.25, 0.3) is 0 Å². The summed E-state index contributed by atoms with van der Waals surface area (Å²) in [6.45, 7) is 2.71. The van der Waals surface area contributed by atoms with Crippen molar-refractivity contribution in [3.63, 3.8) is 0 Å². The molecule has 6 nitrogen and oxygen atoms in total. The molecule has 0 bridgehead atoms. The van der Waals surface area contributed by atoms with Crippen LogP contribution in [0.2, 0.25) is 0 Å². The lowest BCUT2D eigenvalue weighted by Crippen LogP contribution is -2.50. The Morgan fingerprint density at radius 1 is 1.40 bits per heavy atom. The predicted molar refractivity (Wildman–Crippen MR) is 95.6 cm³/mol. The van der Waals surface area contributed by atoms with Gasteiger partial charge in [0, 0.05) is 32.5 Å². The third-order valence-electron chi connectivity index (χ3n) is 4.73. The third-order valence-corrected chi connectivity index (χ3v) is 4.73. The minimum absolute atomic E-state index is 0.0551. The molecule has 2 heterocycles. The van der Waals surface area contributed by atoms with E-state index in [0.29, 0.717) is 19.5 Å². The second-order valence-electron chi connectivity index (χ2n) is 6.99. The van der Waals surface area contributed by atoms with E-state index in [1.54, 1.807) is 24.3 Å². The molecule has 1 aliphatic rings. The molecular weight excluding hydrogens is 316 g/mol. The van der Waals surface area contributed by atoms with Crippen molar-refractivity contribution in [3.8, 4) is 0 Å². The normalized spacial score (nSPS) is 21.2. The standard InChI is InChI=1S/C19H26N4O2/c1-22(14-17-20-9-10-21-17)18(24)12-19(25)8-5-11-23(15-19)13-16-6-3-2-4-7-16/h2-4,6-7,9-10,25H,5,8,11-15H2,1H3,(H,20,21). The zero-order valence-electron chi connectivity index (χ0n) is 14.7. The van der Waals surface area contributed by atoms with E-state index in [1.165, 1.54) is 5.56 Å². The second-order valence-corrected chi connectivity index (χ2v) is 6.99. The summed E-state index contributed by atoms with van der Waals surface area (Å²) in [7, 11) is 1.75. The number of aromatic nitrogens is 2. The Kier molecular flexibility index (Phi) is 5.50. The number of β-amino-alcohol motifs (C(OH)–C–C–N with tert-alkyl or cyclic N) is 1. The van der Waals surface area contributed by atoms with Gasteiger partial charge in [0.2, 0.25) is 5.91 Å². The molecular formula is C19H26N4O2. The van der Waals surface area contributed by atoms with E-state index in [9.17, 15) is 9.90 Å². The number of H-pyrrole nitrogens is 1. The van der Waals surface area contributed by atoms with E-state index in [0.717, 1.165) is 25.3 Å². The minimum Gasteiger partial charge on any atom is -0.388 e. The van der Waals surface area contributed by atoms with Crippen LogP contribution in [0.25, 0.3) is 0 Å². The minimum atomic E-state index is -0.957. The number of carbonyl (C=O) groups is 1. The molecule has 1 aromatic heterocycles. The Morgan fingerprint density at radius 2 is 2.20 bits per heavy atom. The lowest BCUT2D eigenvalue weighted by atomic mass is 9.89. The number of carbonyl (C=O) groups excluding carboxylic acids is 1. The molecule has 6 heteroatoms. The molecule has 1 unspecified atom stereocenters. The summed E-state index contributed by atoms with van der Waals surface area (Å²) in [4.78, 5) is 23.5. The summed E-state index contributed by atoms with van der Waals surface area (Å²) in [6, 6.07) is 10.2. The number of nitrogens with one attached hydrogen (secondary N) is 1. The number of rotatable bonds is 6. The van der Waals surface area contributed by atoms with Gasteiger partial charge >= 0.3 is 0 Å². The van der Waals surface area contributed by atoms with Gasteiger partial charge < -0.3 is 15.0 Å². The van der Waals surface area contributed by atoms with E-state index in [1.807, 2.05) is 18.2 Å². The molecule has 0 saturated carbocycles. The fourth-order valence-corrected chi connectivity index (χ4v) is 3.44. The topological polar surface area (TPSA) is 72.5 Å². The number of amides is 1. The molecule has 2 N–H and O–H groups in total. The molecule has 1 amide bonds. The molecule has 0 spiro atoms. The molecule has 25 heavy (non-hydrogen) atoms. The Hall–Kier alpha value is -2.18. The number of hydrogen-bond donors (Lipinski definition) is 2. The summed E-state index contributed by atoms with van der Waals surface area (Å²) < 4.78 is 0. The van der Waals surface area contributed by atoms with Crippen molar-refractivity contribution in [2.75, 3.05) is 20.1 Å². The fourth-order valence-electron chi connectivity index (χ4n) is 3.44. The van der Waals surface area contributed by atoms with Gasteiger partial charge in [0.15, 0.2) is 0 Å². The van der Waals surface area contributed by atoms with E-state index in [-0.39, 0.29) is 12.3 Å². The first-order chi connectivity index (χ1) is 12.0. The Morgan fingerprint density at radius 3 is 2.92 bits per heavy atom. The van der Waals surface area contributed by atoms with E-state index < -0.39 is 5.60 Å². The van der Waals surface area contributed by atoms with Gasteiger partial charge in [-0.2, -0.15) is 0 Å². The summed E-state index contributed by atoms with van der Waals surface area (Å²) >= 11 is 0. The van der Waals surface area contributed by atoms with Crippen molar-refractivity contribution in [1.82, 2.24) is 19.8 Å². The van der Waals surface area contributed by atoms with Gasteiger partial charge in [-0.15, -0.1) is 0 Å². The second kappa shape index (κ2) is 7.80. The van der Waals surface area contributed by atoms with Crippen LogP contribution in [-0.4, -0.2) is 56.5 Å². The quantitative estimate of drug-likeness (QED) is 0.839. The van der Waals surface area contributed by atoms with Crippen molar-refractivity contribution < 1.29 is 9.90 Å². The first-order valence-electron chi connectivity index (χ1n) is 8.75. The van der Waals surface area contributed by atoms with Crippen molar-refractivity contribution in [3.05, 3.63) is 54.1 Å². The highest BCUT2D eigenvalue weighted by atomic mass is 16.3. The summed E-state index contributed by atoms with van der Waals surface area (Å²) in [6.07, 6.45) is 5.13. The van der Waals surface area contributed by atoms with Crippen LogP contribution in [0.5, 0.6) is 0 Å². The number of likely N-dealkylation sites (tertiary alicyclic amines) is 1. The van der Waals surface area contributed by atoms with Crippen molar-refractivity contribution in [2.24, 2.45) is 0 Å². The number of piperidine rings is 1. The van der Waals surface area contributed by atoms with E-state index in [2.05, 4.69) is 27.0 Å². The van der Waals surface area contributed by atoms with Crippen LogP contribution in [0.15, 0.2) is 42.7 Å². The number of hydrogen-bond acceptors (Lipinski definition) is 4. The average molecular weight is 342 g/mol. The molecule has 1 atom stereocenters. The van der Waals surface area contributed by atoms with Crippen molar-refractivity contribution >= 4 is 5.91 Å². The number of aromatic amines is 1. The van der Waals surface area contributed by atoms with Gasteiger partial charge in [-0.1, -0.05) is 30.3 Å². The Labute approximate surface area is 148 Å². The number of benzene rings is 1. The molecule has 0 aliphatic carbocycles. The van der Waals surface area contributed by atoms with Gasteiger partial charge in [-0.05, 0) is 24.9 Å². The maximum absolute atomic E-state index is 12.5. The highest BCUT2D eigenvalue weighted by molar-refractivity contribution is 5.77. The van der Waals surface area contributed by atoms with Gasteiger partial charge in [-0.3, -0.25) is 9.69 Å². The molecule has 1 fully saturated rings. The summed E-state index contributed by atoms with van der Waals surface area (Å²) in [5.74, 6) is 0.692. The van der Waals surface area contributed by atoms with Crippen LogP contribution in [0.3, 0.4) is 0 Å². The largest absolute Gasteiger partial charge is 0.388 e. The van der Waals surface area contributed by atoms with Gasteiger partial charge in [-0.25, -0.2) is 4.98 Å². The first-order valence-corrected chi connectivity index (χ1v) is 8.75. The van der Waals surface area contributed by atoms with Crippen LogP contribution in [0.1, 0.15) is 30.7 Å². The molecule has 2 aromatic rings. The first kappa shape index (κ1) is 17.6. The van der Waals surface area contributed by atoms with Crippen molar-refractivity contribution in [2.45, 2.75) is 38.0 Å². The van der Waals surface area contributed by atoms with Gasteiger partial charge in [0.05, 0.1) is 18.6 Å². The third kappa shape index (κ3) is 4.90. The highest BCUT2D eigenvalue weighted by Gasteiger charge is 2.36. The molecule has 3 rings (SSSR count). The van der Waals surface area contributed by atoms with Crippen LogP contribution >= 0.6 is 0 Å². The average Bonchev–Trinajstić information content (AvgIpc) is 3.08.